The summed E-state index contributed by atoms with van der Waals surface area (Å²) in [7, 11) is 0. The van der Waals surface area contributed by atoms with Crippen molar-refractivity contribution in [2.75, 3.05) is 32.7 Å². The van der Waals surface area contributed by atoms with Crippen LogP contribution in [-0.4, -0.2) is 54.1 Å². The molecule has 1 saturated heterocycles. The number of piperidine rings is 1. The molecular formula is C18H31N5O. The smallest absolute Gasteiger partial charge is 0.224 e. The fourth-order valence-corrected chi connectivity index (χ4v) is 3.00. The Morgan fingerprint density at radius 3 is 2.79 bits per heavy atom. The summed E-state index contributed by atoms with van der Waals surface area (Å²) in [4.78, 5) is 18.8. The predicted molar refractivity (Wildman–Crippen MR) is 98.0 cm³/mol. The minimum absolute atomic E-state index is 0.230. The van der Waals surface area contributed by atoms with Gasteiger partial charge in [0.25, 0.3) is 0 Å². The van der Waals surface area contributed by atoms with Crippen molar-refractivity contribution in [1.29, 1.82) is 0 Å². The van der Waals surface area contributed by atoms with E-state index in [4.69, 9.17) is 0 Å². The van der Waals surface area contributed by atoms with E-state index >= 15 is 0 Å². The lowest BCUT2D eigenvalue weighted by atomic mass is 10.00. The molecule has 0 saturated carbocycles. The van der Waals surface area contributed by atoms with E-state index < -0.39 is 0 Å². The summed E-state index contributed by atoms with van der Waals surface area (Å²) >= 11 is 0. The van der Waals surface area contributed by atoms with Crippen molar-refractivity contribution >= 4 is 11.9 Å². The summed E-state index contributed by atoms with van der Waals surface area (Å²) in [5, 5.41) is 6.54. The van der Waals surface area contributed by atoms with Gasteiger partial charge in [-0.3, -0.25) is 9.79 Å². The highest BCUT2D eigenvalue weighted by Gasteiger charge is 2.20. The molecule has 0 aromatic carbocycles. The van der Waals surface area contributed by atoms with Gasteiger partial charge in [-0.15, -0.1) is 0 Å². The van der Waals surface area contributed by atoms with E-state index in [0.29, 0.717) is 18.9 Å². The molecule has 0 aliphatic carbocycles. The maximum Gasteiger partial charge on any atom is 0.224 e. The molecule has 1 fully saturated rings. The van der Waals surface area contributed by atoms with Crippen LogP contribution < -0.4 is 10.6 Å². The Hall–Kier alpha value is -1.98. The van der Waals surface area contributed by atoms with Gasteiger partial charge in [0.05, 0.1) is 6.54 Å². The second-order valence-electron chi connectivity index (χ2n) is 6.45. The summed E-state index contributed by atoms with van der Waals surface area (Å²) in [5.41, 5.74) is 0. The third-order valence-corrected chi connectivity index (χ3v) is 4.28. The summed E-state index contributed by atoms with van der Waals surface area (Å²) < 4.78 is 2.12. The predicted octanol–water partition coefficient (Wildman–Crippen LogP) is 1.69. The molecule has 0 radical (unpaired) electrons. The topological polar surface area (TPSA) is 61.7 Å². The van der Waals surface area contributed by atoms with Crippen LogP contribution in [-0.2, 0) is 11.3 Å². The molecular weight excluding hydrogens is 302 g/mol. The zero-order chi connectivity index (χ0) is 17.2. The van der Waals surface area contributed by atoms with Gasteiger partial charge < -0.3 is 20.1 Å². The highest BCUT2D eigenvalue weighted by molar-refractivity contribution is 5.80. The molecule has 0 bridgehead atoms. The lowest BCUT2D eigenvalue weighted by molar-refractivity contribution is -0.132. The molecule has 1 unspecified atom stereocenters. The molecule has 6 nitrogen and oxygen atoms in total. The average molecular weight is 333 g/mol. The number of nitrogens with one attached hydrogen (secondary N) is 2. The first-order valence-corrected chi connectivity index (χ1v) is 9.09. The fourth-order valence-electron chi connectivity index (χ4n) is 3.00. The summed E-state index contributed by atoms with van der Waals surface area (Å²) in [6.07, 6.45) is 6.94. The van der Waals surface area contributed by atoms with Gasteiger partial charge in [0, 0.05) is 51.5 Å². The lowest BCUT2D eigenvalue weighted by Gasteiger charge is -2.30. The van der Waals surface area contributed by atoms with Crippen LogP contribution in [0.25, 0.3) is 0 Å². The Balaban J connectivity index is 1.72. The van der Waals surface area contributed by atoms with Gasteiger partial charge in [-0.2, -0.15) is 0 Å². The number of rotatable bonds is 7. The van der Waals surface area contributed by atoms with Crippen LogP contribution in [0.5, 0.6) is 0 Å². The van der Waals surface area contributed by atoms with Crippen molar-refractivity contribution in [2.45, 2.75) is 39.7 Å². The second kappa shape index (κ2) is 10.0. The third-order valence-electron chi connectivity index (χ3n) is 4.28. The number of aromatic nitrogens is 1. The molecule has 1 aromatic rings. The van der Waals surface area contributed by atoms with Gasteiger partial charge in [0.1, 0.15) is 0 Å². The second-order valence-corrected chi connectivity index (χ2v) is 6.45. The number of hydrogen-bond donors (Lipinski definition) is 2. The molecule has 1 aromatic heterocycles. The fraction of sp³-hybridized carbons (Fsp3) is 0.667. The minimum Gasteiger partial charge on any atom is -0.357 e. The molecule has 2 N–H and O–H groups in total. The van der Waals surface area contributed by atoms with E-state index in [1.54, 1.807) is 0 Å². The summed E-state index contributed by atoms with van der Waals surface area (Å²) in [6.45, 7) is 9.11. The molecule has 1 aliphatic rings. The maximum absolute atomic E-state index is 12.3. The van der Waals surface area contributed by atoms with Crippen molar-refractivity contribution in [3.8, 4) is 0 Å². The highest BCUT2D eigenvalue weighted by atomic mass is 16.2. The maximum atomic E-state index is 12.3. The van der Waals surface area contributed by atoms with Gasteiger partial charge in [-0.1, -0.05) is 6.92 Å². The molecule has 0 spiro atoms. The number of carbonyl (C=O) groups excluding carboxylic acids is 1. The van der Waals surface area contributed by atoms with Gasteiger partial charge >= 0.3 is 0 Å². The largest absolute Gasteiger partial charge is 0.357 e. The Labute approximate surface area is 145 Å². The number of guanidine groups is 1. The van der Waals surface area contributed by atoms with Crippen LogP contribution in [0.15, 0.2) is 29.5 Å². The van der Waals surface area contributed by atoms with Crippen LogP contribution in [0.4, 0.5) is 0 Å². The molecule has 6 heteroatoms. The first-order valence-electron chi connectivity index (χ1n) is 9.09. The van der Waals surface area contributed by atoms with Crippen LogP contribution in [0, 0.1) is 5.92 Å². The number of nitrogens with zero attached hydrogens (tertiary/aromatic N) is 3. The molecule has 2 rings (SSSR count). The van der Waals surface area contributed by atoms with E-state index in [2.05, 4.69) is 27.1 Å². The van der Waals surface area contributed by atoms with Crippen molar-refractivity contribution in [3.63, 3.8) is 0 Å². The van der Waals surface area contributed by atoms with Gasteiger partial charge in [-0.05, 0) is 37.8 Å². The number of likely N-dealkylation sites (tertiary alicyclic amines) is 1. The van der Waals surface area contributed by atoms with Crippen molar-refractivity contribution in [1.82, 2.24) is 20.1 Å². The molecule has 134 valence electrons. The zero-order valence-corrected chi connectivity index (χ0v) is 15.0. The molecule has 1 atom stereocenters. The number of aliphatic imine (C=N–C) groups is 1. The highest BCUT2D eigenvalue weighted by Crippen LogP contribution is 2.15. The van der Waals surface area contributed by atoms with E-state index in [-0.39, 0.29) is 5.91 Å². The first kappa shape index (κ1) is 18.4. The Kier molecular flexibility index (Phi) is 7.65. The molecule has 2 heterocycles. The standard InChI is InChI=1S/C18H31N5O/c1-3-19-18(21-10-14-22-11-4-5-12-22)20-9-8-17(24)23-13-6-7-16(2)15-23/h4-5,11-12,16H,3,6-10,13-15H2,1-2H3,(H2,19,20,21). The first-order chi connectivity index (χ1) is 11.7. The number of carbonyl (C=O) groups is 1. The Morgan fingerprint density at radius 1 is 1.29 bits per heavy atom. The van der Waals surface area contributed by atoms with E-state index in [9.17, 15) is 4.79 Å². The number of amides is 1. The van der Waals surface area contributed by atoms with Crippen LogP contribution in [0.3, 0.4) is 0 Å². The lowest BCUT2D eigenvalue weighted by Crippen LogP contribution is -2.40. The van der Waals surface area contributed by atoms with Crippen LogP contribution in [0.1, 0.15) is 33.1 Å². The van der Waals surface area contributed by atoms with Crippen molar-refractivity contribution in [2.24, 2.45) is 10.9 Å². The Bertz CT molecular complexity index is 511. The van der Waals surface area contributed by atoms with Crippen molar-refractivity contribution in [3.05, 3.63) is 24.5 Å². The summed E-state index contributed by atoms with van der Waals surface area (Å²) in [5.74, 6) is 1.64. The monoisotopic (exact) mass is 333 g/mol. The van der Waals surface area contributed by atoms with Crippen LogP contribution in [0.2, 0.25) is 0 Å². The minimum atomic E-state index is 0.230. The summed E-state index contributed by atoms with van der Waals surface area (Å²) in [6, 6.07) is 4.04. The number of hydrogen-bond acceptors (Lipinski definition) is 2. The van der Waals surface area contributed by atoms with Gasteiger partial charge in [-0.25, -0.2) is 0 Å². The average Bonchev–Trinajstić information content (AvgIpc) is 3.08. The third kappa shape index (κ3) is 6.26. The van der Waals surface area contributed by atoms with Gasteiger partial charge in [0.15, 0.2) is 5.96 Å². The Morgan fingerprint density at radius 2 is 2.08 bits per heavy atom. The van der Waals surface area contributed by atoms with Crippen LogP contribution >= 0.6 is 0 Å². The quantitative estimate of drug-likeness (QED) is 0.590. The van der Waals surface area contributed by atoms with E-state index in [0.717, 1.165) is 45.1 Å². The molecule has 1 aliphatic heterocycles. The normalized spacial score (nSPS) is 18.5. The van der Waals surface area contributed by atoms with E-state index in [1.807, 2.05) is 36.4 Å². The van der Waals surface area contributed by atoms with Crippen molar-refractivity contribution < 1.29 is 4.79 Å². The zero-order valence-electron chi connectivity index (χ0n) is 15.0. The van der Waals surface area contributed by atoms with E-state index in [1.165, 1.54) is 6.42 Å². The molecule has 24 heavy (non-hydrogen) atoms. The SMILES string of the molecule is CCNC(=NCCC(=O)N1CCCC(C)C1)NCCn1cccc1. The van der Waals surface area contributed by atoms with Gasteiger partial charge in [0.2, 0.25) is 5.91 Å². The molecule has 1 amide bonds.